The number of carbonyl (C=O) groups excluding carboxylic acids is 1. The Morgan fingerprint density at radius 3 is 2.59 bits per heavy atom. The van der Waals surface area contributed by atoms with Crippen molar-refractivity contribution in [3.63, 3.8) is 0 Å². The number of piperidine rings is 1. The molecule has 1 aliphatic heterocycles. The lowest BCUT2D eigenvalue weighted by molar-refractivity contribution is 0.00976. The Kier molecular flexibility index (Phi) is 5.58. The smallest absolute Gasteiger partial charge is 0.410 e. The summed E-state index contributed by atoms with van der Waals surface area (Å²) in [4.78, 5) is 27.8. The molecule has 2 N–H and O–H groups in total. The molecule has 0 spiro atoms. The van der Waals surface area contributed by atoms with Crippen molar-refractivity contribution in [2.24, 2.45) is 0 Å². The zero-order valence-corrected chi connectivity index (χ0v) is 18.4. The van der Waals surface area contributed by atoms with E-state index in [9.17, 15) is 9.18 Å². The average Bonchev–Trinajstić information content (AvgIpc) is 3.28. The number of benzene rings is 1. The van der Waals surface area contributed by atoms with Gasteiger partial charge >= 0.3 is 6.09 Å². The molecule has 4 rings (SSSR count). The summed E-state index contributed by atoms with van der Waals surface area (Å²) in [6, 6.07) is 8.02. The molecule has 1 saturated heterocycles. The minimum atomic E-state index is -0.698. The van der Waals surface area contributed by atoms with Crippen LogP contribution in [-0.2, 0) is 10.3 Å². The van der Waals surface area contributed by atoms with Gasteiger partial charge in [0.1, 0.15) is 23.1 Å². The second-order valence-corrected chi connectivity index (χ2v) is 8.97. The van der Waals surface area contributed by atoms with Crippen molar-refractivity contribution in [3.8, 4) is 0 Å². The highest BCUT2D eigenvalue weighted by Crippen LogP contribution is 2.46. The molecule has 1 aliphatic rings. The van der Waals surface area contributed by atoms with E-state index in [1.165, 1.54) is 12.1 Å². The fourth-order valence-electron chi connectivity index (χ4n) is 4.32. The van der Waals surface area contributed by atoms with Gasteiger partial charge in [-0.1, -0.05) is 12.1 Å². The number of carbonyl (C=O) groups is 1. The summed E-state index contributed by atoms with van der Waals surface area (Å²) in [5, 5.41) is 0. The van der Waals surface area contributed by atoms with E-state index in [0.29, 0.717) is 31.2 Å². The highest BCUT2D eigenvalue weighted by atomic mass is 19.1. The van der Waals surface area contributed by atoms with E-state index in [2.05, 4.69) is 15.0 Å². The quantitative estimate of drug-likeness (QED) is 0.671. The zero-order chi connectivity index (χ0) is 22.9. The van der Waals surface area contributed by atoms with Crippen LogP contribution in [0.25, 0.3) is 0 Å². The third kappa shape index (κ3) is 4.15. The Morgan fingerprint density at radius 1 is 1.22 bits per heavy atom. The van der Waals surface area contributed by atoms with Gasteiger partial charge in [0.15, 0.2) is 0 Å². The predicted molar refractivity (Wildman–Crippen MR) is 117 cm³/mol. The van der Waals surface area contributed by atoms with Gasteiger partial charge < -0.3 is 19.9 Å². The van der Waals surface area contributed by atoms with Crippen molar-refractivity contribution in [2.45, 2.75) is 44.2 Å². The number of halogens is 1. The molecule has 1 amide bonds. The van der Waals surface area contributed by atoms with Crippen molar-refractivity contribution >= 4 is 11.9 Å². The molecule has 1 aromatic carbocycles. The van der Waals surface area contributed by atoms with Crippen LogP contribution in [0, 0.1) is 5.82 Å². The van der Waals surface area contributed by atoms with E-state index < -0.39 is 17.2 Å². The predicted octanol–water partition coefficient (Wildman–Crippen LogP) is 3.56. The van der Waals surface area contributed by atoms with Crippen LogP contribution >= 0.6 is 0 Å². The maximum Gasteiger partial charge on any atom is 0.410 e. The van der Waals surface area contributed by atoms with Crippen LogP contribution in [0.4, 0.5) is 15.0 Å². The van der Waals surface area contributed by atoms with Crippen LogP contribution in [0.3, 0.4) is 0 Å². The highest BCUT2D eigenvalue weighted by molar-refractivity contribution is 5.68. The summed E-state index contributed by atoms with van der Waals surface area (Å²) < 4.78 is 21.4. The molecular weight excluding hydrogens is 411 g/mol. The normalized spacial score (nSPS) is 21.4. The molecule has 0 saturated carbocycles. The Labute approximate surface area is 186 Å². The van der Waals surface area contributed by atoms with E-state index in [1.54, 1.807) is 41.8 Å². The molecule has 3 aromatic rings. The molecule has 2 atom stereocenters. The standard InChI is InChI=1S/C23H27FN6O2/c1-22(2,3)32-21(31)29-12-9-23(30-13-11-26-15-30,16-4-6-17(24)7-5-16)18(14-29)20-27-10-8-19(25)28-20/h4-8,10-11,13,15,18H,9,12,14H2,1-3H3,(H2,25,27,28). The number of amides is 1. The van der Waals surface area contributed by atoms with E-state index >= 15 is 0 Å². The molecular formula is C23H27FN6O2. The fraction of sp³-hybridized carbons (Fsp3) is 0.391. The first-order valence-electron chi connectivity index (χ1n) is 10.5. The largest absolute Gasteiger partial charge is 0.444 e. The third-order valence-corrected chi connectivity index (χ3v) is 5.71. The fourth-order valence-corrected chi connectivity index (χ4v) is 4.32. The number of hydrogen-bond acceptors (Lipinski definition) is 6. The lowest BCUT2D eigenvalue weighted by Crippen LogP contribution is -2.54. The first-order chi connectivity index (χ1) is 15.2. The van der Waals surface area contributed by atoms with Crippen LogP contribution < -0.4 is 5.73 Å². The van der Waals surface area contributed by atoms with Gasteiger partial charge in [0, 0.05) is 31.7 Å². The van der Waals surface area contributed by atoms with Gasteiger partial charge in [0.25, 0.3) is 0 Å². The van der Waals surface area contributed by atoms with E-state index in [4.69, 9.17) is 10.5 Å². The molecule has 3 heterocycles. The average molecular weight is 439 g/mol. The van der Waals surface area contributed by atoms with Crippen LogP contribution in [0.1, 0.15) is 44.5 Å². The minimum Gasteiger partial charge on any atom is -0.444 e. The summed E-state index contributed by atoms with van der Waals surface area (Å²) >= 11 is 0. The Bertz CT molecular complexity index is 1080. The third-order valence-electron chi connectivity index (χ3n) is 5.71. The Hall–Kier alpha value is -3.49. The lowest BCUT2D eigenvalue weighted by Gasteiger charge is -2.48. The van der Waals surface area contributed by atoms with E-state index in [1.807, 2.05) is 31.5 Å². The van der Waals surface area contributed by atoms with Gasteiger partial charge in [-0.05, 0) is 51.0 Å². The summed E-state index contributed by atoms with van der Waals surface area (Å²) in [5.74, 6) is 0.128. The monoisotopic (exact) mass is 438 g/mol. The summed E-state index contributed by atoms with van der Waals surface area (Å²) in [6.45, 7) is 6.24. The molecule has 2 aromatic heterocycles. The van der Waals surface area contributed by atoms with Gasteiger partial charge in [0.05, 0.1) is 17.8 Å². The first kappa shape index (κ1) is 21.7. The topological polar surface area (TPSA) is 99.2 Å². The molecule has 9 heteroatoms. The molecule has 0 aliphatic carbocycles. The summed E-state index contributed by atoms with van der Waals surface area (Å²) in [6.07, 6.45) is 7.02. The number of nitrogens with two attached hydrogens (primary N) is 1. The van der Waals surface area contributed by atoms with Gasteiger partial charge in [-0.3, -0.25) is 0 Å². The molecule has 1 fully saturated rings. The van der Waals surface area contributed by atoms with Crippen molar-refractivity contribution in [3.05, 3.63) is 72.5 Å². The number of nitrogen functional groups attached to an aromatic ring is 1. The highest BCUT2D eigenvalue weighted by Gasteiger charge is 2.49. The second kappa shape index (κ2) is 8.22. The van der Waals surface area contributed by atoms with Gasteiger partial charge in [-0.25, -0.2) is 24.1 Å². The van der Waals surface area contributed by atoms with Crippen molar-refractivity contribution in [2.75, 3.05) is 18.8 Å². The van der Waals surface area contributed by atoms with Crippen molar-refractivity contribution in [1.29, 1.82) is 0 Å². The summed E-state index contributed by atoms with van der Waals surface area (Å²) in [7, 11) is 0. The molecule has 0 radical (unpaired) electrons. The molecule has 0 bridgehead atoms. The van der Waals surface area contributed by atoms with Gasteiger partial charge in [0.2, 0.25) is 0 Å². The minimum absolute atomic E-state index is 0.300. The maximum absolute atomic E-state index is 13.8. The van der Waals surface area contributed by atoms with Crippen LogP contribution in [0.5, 0.6) is 0 Å². The maximum atomic E-state index is 13.8. The molecule has 8 nitrogen and oxygen atoms in total. The first-order valence-corrected chi connectivity index (χ1v) is 10.5. The van der Waals surface area contributed by atoms with Crippen molar-refractivity contribution in [1.82, 2.24) is 24.4 Å². The Balaban J connectivity index is 1.84. The van der Waals surface area contributed by atoms with E-state index in [0.717, 1.165) is 5.56 Å². The summed E-state index contributed by atoms with van der Waals surface area (Å²) in [5.41, 5.74) is 5.54. The second-order valence-electron chi connectivity index (χ2n) is 8.97. The van der Waals surface area contributed by atoms with E-state index in [-0.39, 0.29) is 11.7 Å². The lowest BCUT2D eigenvalue weighted by atomic mass is 9.72. The van der Waals surface area contributed by atoms with Crippen LogP contribution in [-0.4, -0.2) is 49.2 Å². The SMILES string of the molecule is CC(C)(C)OC(=O)N1CCC(c2ccc(F)cc2)(n2ccnc2)C(c2nccc(N)n2)C1. The van der Waals surface area contributed by atoms with Gasteiger partial charge in [-0.15, -0.1) is 0 Å². The number of anilines is 1. The number of aromatic nitrogens is 4. The van der Waals surface area contributed by atoms with Crippen molar-refractivity contribution < 1.29 is 13.9 Å². The molecule has 168 valence electrons. The molecule has 2 unspecified atom stereocenters. The molecule has 32 heavy (non-hydrogen) atoms. The van der Waals surface area contributed by atoms with Crippen LogP contribution in [0.2, 0.25) is 0 Å². The number of rotatable bonds is 3. The number of likely N-dealkylation sites (tertiary alicyclic amines) is 1. The van der Waals surface area contributed by atoms with Crippen LogP contribution in [0.15, 0.2) is 55.2 Å². The number of hydrogen-bond donors (Lipinski definition) is 1. The zero-order valence-electron chi connectivity index (χ0n) is 18.4. The number of imidazole rings is 1. The number of nitrogens with zero attached hydrogens (tertiary/aromatic N) is 5. The Morgan fingerprint density at radius 2 is 1.97 bits per heavy atom. The number of ether oxygens (including phenoxy) is 1. The van der Waals surface area contributed by atoms with Gasteiger partial charge in [-0.2, -0.15) is 0 Å².